The maximum absolute atomic E-state index is 4.59. The van der Waals surface area contributed by atoms with E-state index in [4.69, 9.17) is 0 Å². The van der Waals surface area contributed by atoms with Crippen LogP contribution in [0.1, 0.15) is 16.8 Å². The van der Waals surface area contributed by atoms with Crippen molar-refractivity contribution in [3.8, 4) is 5.82 Å². The molecule has 0 aliphatic carbocycles. The van der Waals surface area contributed by atoms with E-state index in [-0.39, 0.29) is 0 Å². The quantitative estimate of drug-likeness (QED) is 0.870. The Labute approximate surface area is 115 Å². The maximum atomic E-state index is 4.59. The van der Waals surface area contributed by atoms with Crippen LogP contribution in [0.2, 0.25) is 0 Å². The minimum atomic E-state index is 0.797. The van der Waals surface area contributed by atoms with E-state index in [2.05, 4.69) is 51.0 Å². The molecule has 90 valence electrons. The molecule has 0 unspecified atom stereocenters. The molecule has 17 heavy (non-hydrogen) atoms. The van der Waals surface area contributed by atoms with Gasteiger partial charge in [-0.1, -0.05) is 0 Å². The molecule has 0 amide bonds. The number of aromatic nitrogens is 3. The van der Waals surface area contributed by atoms with Crippen LogP contribution in [0, 0.1) is 17.4 Å². The topological polar surface area (TPSA) is 42.7 Å². The van der Waals surface area contributed by atoms with Crippen LogP contribution in [0.15, 0.2) is 18.5 Å². The Bertz CT molecular complexity index is 533. The molecule has 2 rings (SSSR count). The zero-order valence-electron chi connectivity index (χ0n) is 10.2. The number of nitrogens with zero attached hydrogens (tertiary/aromatic N) is 3. The monoisotopic (exact) mass is 342 g/mol. The molecule has 1 N–H and O–H groups in total. The molecule has 4 nitrogen and oxygen atoms in total. The van der Waals surface area contributed by atoms with Gasteiger partial charge in [-0.05, 0) is 55.1 Å². The molecule has 0 fully saturated rings. The fourth-order valence-corrected chi connectivity index (χ4v) is 2.23. The van der Waals surface area contributed by atoms with Crippen LogP contribution in [0.5, 0.6) is 0 Å². The Hall–Kier alpha value is -0.950. The number of hydrogen-bond donors (Lipinski definition) is 1. The summed E-state index contributed by atoms with van der Waals surface area (Å²) in [5, 5.41) is 7.51. The van der Waals surface area contributed by atoms with E-state index in [1.807, 2.05) is 31.0 Å². The van der Waals surface area contributed by atoms with Crippen molar-refractivity contribution >= 4 is 22.6 Å². The van der Waals surface area contributed by atoms with Gasteiger partial charge in [0.25, 0.3) is 0 Å². The highest BCUT2D eigenvalue weighted by atomic mass is 127. The lowest BCUT2D eigenvalue weighted by Gasteiger charge is -2.12. The first-order valence-electron chi connectivity index (χ1n) is 5.44. The molecule has 0 spiro atoms. The van der Waals surface area contributed by atoms with Crippen molar-refractivity contribution in [1.29, 1.82) is 0 Å². The van der Waals surface area contributed by atoms with E-state index in [9.17, 15) is 0 Å². The molecular formula is C12H15IN4. The normalized spacial score (nSPS) is 10.8. The van der Waals surface area contributed by atoms with Gasteiger partial charge in [-0.2, -0.15) is 5.10 Å². The van der Waals surface area contributed by atoms with Crippen molar-refractivity contribution in [2.75, 3.05) is 7.05 Å². The second kappa shape index (κ2) is 5.14. The van der Waals surface area contributed by atoms with Crippen molar-refractivity contribution in [3.63, 3.8) is 0 Å². The van der Waals surface area contributed by atoms with Crippen molar-refractivity contribution in [2.45, 2.75) is 20.4 Å². The Kier molecular flexibility index (Phi) is 3.78. The van der Waals surface area contributed by atoms with Gasteiger partial charge in [0.1, 0.15) is 0 Å². The molecule has 0 aliphatic heterocycles. The second-order valence-corrected chi connectivity index (χ2v) is 5.26. The van der Waals surface area contributed by atoms with Gasteiger partial charge >= 0.3 is 0 Å². The van der Waals surface area contributed by atoms with Gasteiger partial charge in [-0.15, -0.1) is 0 Å². The number of nitrogens with one attached hydrogen (secondary N) is 1. The molecule has 2 aromatic rings. The van der Waals surface area contributed by atoms with Gasteiger partial charge < -0.3 is 5.32 Å². The van der Waals surface area contributed by atoms with E-state index in [1.54, 1.807) is 0 Å². The first-order chi connectivity index (χ1) is 8.11. The maximum Gasteiger partial charge on any atom is 0.158 e. The summed E-state index contributed by atoms with van der Waals surface area (Å²) in [6.45, 7) is 4.92. The molecule has 0 saturated heterocycles. The molecule has 2 aromatic heterocycles. The first kappa shape index (κ1) is 12.5. The highest BCUT2D eigenvalue weighted by Gasteiger charge is 2.11. The Morgan fingerprint density at radius 3 is 2.76 bits per heavy atom. The number of halogens is 1. The summed E-state index contributed by atoms with van der Waals surface area (Å²) in [5.74, 6) is 0.916. The highest BCUT2D eigenvalue weighted by Crippen LogP contribution is 2.18. The van der Waals surface area contributed by atoms with Gasteiger partial charge in [-0.3, -0.25) is 0 Å². The zero-order valence-corrected chi connectivity index (χ0v) is 12.3. The molecule has 2 heterocycles. The lowest BCUT2D eigenvalue weighted by Crippen LogP contribution is -2.13. The fraction of sp³-hybridized carbons (Fsp3) is 0.333. The molecule has 0 radical (unpaired) electrons. The van der Waals surface area contributed by atoms with Crippen LogP contribution in [0.4, 0.5) is 0 Å². The molecule has 0 aliphatic rings. The van der Waals surface area contributed by atoms with E-state index in [1.165, 1.54) is 11.1 Å². The van der Waals surface area contributed by atoms with Crippen molar-refractivity contribution in [2.24, 2.45) is 0 Å². The molecule has 0 bridgehead atoms. The zero-order chi connectivity index (χ0) is 12.4. The second-order valence-electron chi connectivity index (χ2n) is 4.02. The summed E-state index contributed by atoms with van der Waals surface area (Å²) in [6, 6.07) is 2.10. The summed E-state index contributed by atoms with van der Waals surface area (Å²) >= 11 is 2.25. The van der Waals surface area contributed by atoms with Crippen molar-refractivity contribution in [3.05, 3.63) is 38.9 Å². The number of aryl methyl sites for hydroxylation is 2. The average Bonchev–Trinajstić information content (AvgIpc) is 2.68. The molecule has 5 heteroatoms. The van der Waals surface area contributed by atoms with Crippen LogP contribution in [-0.4, -0.2) is 21.8 Å². The van der Waals surface area contributed by atoms with Gasteiger partial charge in [0.15, 0.2) is 5.82 Å². The van der Waals surface area contributed by atoms with Crippen LogP contribution in [0.3, 0.4) is 0 Å². The third-order valence-corrected chi connectivity index (χ3v) is 3.13. The predicted molar refractivity (Wildman–Crippen MR) is 76.3 cm³/mol. The van der Waals surface area contributed by atoms with Gasteiger partial charge in [0, 0.05) is 24.0 Å². The number of rotatable bonds is 3. The Morgan fingerprint density at radius 1 is 1.41 bits per heavy atom. The number of pyridine rings is 1. The van der Waals surface area contributed by atoms with Gasteiger partial charge in [0.2, 0.25) is 0 Å². The average molecular weight is 342 g/mol. The third-order valence-electron chi connectivity index (χ3n) is 2.58. The highest BCUT2D eigenvalue weighted by molar-refractivity contribution is 14.1. The van der Waals surface area contributed by atoms with E-state index < -0.39 is 0 Å². The minimum absolute atomic E-state index is 0.797. The first-order valence-corrected chi connectivity index (χ1v) is 6.52. The summed E-state index contributed by atoms with van der Waals surface area (Å²) in [6.07, 6.45) is 3.82. The van der Waals surface area contributed by atoms with E-state index in [0.717, 1.165) is 21.6 Å². The summed E-state index contributed by atoms with van der Waals surface area (Å²) in [4.78, 5) is 4.59. The summed E-state index contributed by atoms with van der Waals surface area (Å²) < 4.78 is 2.95. The molecule has 0 atom stereocenters. The molecular weight excluding hydrogens is 327 g/mol. The predicted octanol–water partition coefficient (Wildman–Crippen LogP) is 2.21. The standard InChI is InChI=1S/C12H15IN4/c1-8-4-9(2)16-12(11(8)6-14-3)17-7-10(13)5-15-17/h4-5,7,14H,6H2,1-3H3. The van der Waals surface area contributed by atoms with Crippen LogP contribution in [0.25, 0.3) is 5.82 Å². The molecule has 0 aromatic carbocycles. The van der Waals surface area contributed by atoms with E-state index in [0.29, 0.717) is 0 Å². The van der Waals surface area contributed by atoms with Crippen molar-refractivity contribution in [1.82, 2.24) is 20.1 Å². The SMILES string of the molecule is CNCc1c(C)cc(C)nc1-n1cc(I)cn1. The fourth-order valence-electron chi connectivity index (χ4n) is 1.85. The Balaban J connectivity index is 2.58. The number of hydrogen-bond acceptors (Lipinski definition) is 3. The minimum Gasteiger partial charge on any atom is -0.316 e. The van der Waals surface area contributed by atoms with Crippen LogP contribution in [-0.2, 0) is 6.54 Å². The summed E-state index contributed by atoms with van der Waals surface area (Å²) in [5.41, 5.74) is 3.45. The van der Waals surface area contributed by atoms with Crippen molar-refractivity contribution < 1.29 is 0 Å². The lowest BCUT2D eigenvalue weighted by molar-refractivity contribution is 0.762. The van der Waals surface area contributed by atoms with E-state index >= 15 is 0 Å². The smallest absolute Gasteiger partial charge is 0.158 e. The third kappa shape index (κ3) is 2.66. The van der Waals surface area contributed by atoms with Gasteiger partial charge in [-0.25, -0.2) is 9.67 Å². The Morgan fingerprint density at radius 2 is 2.18 bits per heavy atom. The molecule has 0 saturated carbocycles. The van der Waals surface area contributed by atoms with Crippen LogP contribution < -0.4 is 5.32 Å². The van der Waals surface area contributed by atoms with Crippen LogP contribution >= 0.6 is 22.6 Å². The van der Waals surface area contributed by atoms with Gasteiger partial charge in [0.05, 0.1) is 9.77 Å². The largest absolute Gasteiger partial charge is 0.316 e. The summed E-state index contributed by atoms with van der Waals surface area (Å²) in [7, 11) is 1.94. The lowest BCUT2D eigenvalue weighted by atomic mass is 10.1.